The summed E-state index contributed by atoms with van der Waals surface area (Å²) >= 11 is 6.02. The highest BCUT2D eigenvalue weighted by Gasteiger charge is 2.34. The first-order valence-electron chi connectivity index (χ1n) is 8.71. The van der Waals surface area contributed by atoms with E-state index in [0.29, 0.717) is 16.1 Å². The Labute approximate surface area is 167 Å². The van der Waals surface area contributed by atoms with Crippen molar-refractivity contribution < 1.29 is 14.3 Å². The number of anilines is 2. The van der Waals surface area contributed by atoms with Crippen molar-refractivity contribution in [2.24, 2.45) is 0 Å². The van der Waals surface area contributed by atoms with Crippen LogP contribution in [0.3, 0.4) is 0 Å². The maximum Gasteiger partial charge on any atom is 0.337 e. The van der Waals surface area contributed by atoms with Crippen molar-refractivity contribution in [1.82, 2.24) is 0 Å². The Morgan fingerprint density at radius 3 is 2.36 bits per heavy atom. The van der Waals surface area contributed by atoms with E-state index in [1.807, 2.05) is 42.5 Å². The van der Waals surface area contributed by atoms with Gasteiger partial charge in [0.25, 0.3) is 5.91 Å². The SMILES string of the molecule is COC(=O)c1ccc(C2Nc3ccccc3C(=O)N2c2ccc(Cl)cc2)cc1. The molecule has 0 saturated heterocycles. The predicted octanol–water partition coefficient (Wildman–Crippen LogP) is 4.90. The van der Waals surface area contributed by atoms with Gasteiger partial charge in [-0.3, -0.25) is 9.69 Å². The molecule has 5 nitrogen and oxygen atoms in total. The molecule has 0 aliphatic carbocycles. The van der Waals surface area contributed by atoms with Gasteiger partial charge in [-0.05, 0) is 54.1 Å². The van der Waals surface area contributed by atoms with Gasteiger partial charge in [0.15, 0.2) is 0 Å². The minimum absolute atomic E-state index is 0.112. The molecule has 0 radical (unpaired) electrons. The van der Waals surface area contributed by atoms with Gasteiger partial charge >= 0.3 is 5.97 Å². The molecule has 3 aromatic carbocycles. The number of nitrogens with zero attached hydrogens (tertiary/aromatic N) is 1. The molecule has 0 aromatic heterocycles. The molecule has 1 N–H and O–H groups in total. The normalized spacial score (nSPS) is 15.6. The van der Waals surface area contributed by atoms with Gasteiger partial charge in [0.2, 0.25) is 0 Å². The van der Waals surface area contributed by atoms with Crippen LogP contribution in [0.15, 0.2) is 72.8 Å². The summed E-state index contributed by atoms with van der Waals surface area (Å²) < 4.78 is 4.76. The van der Waals surface area contributed by atoms with E-state index < -0.39 is 12.1 Å². The molecule has 1 atom stereocenters. The largest absolute Gasteiger partial charge is 0.465 e. The summed E-state index contributed by atoms with van der Waals surface area (Å²) in [6, 6.07) is 21.5. The predicted molar refractivity (Wildman–Crippen MR) is 109 cm³/mol. The number of halogens is 1. The van der Waals surface area contributed by atoms with Crippen LogP contribution in [0.25, 0.3) is 0 Å². The van der Waals surface area contributed by atoms with E-state index in [0.717, 1.165) is 16.9 Å². The number of fused-ring (bicyclic) bond motifs is 1. The van der Waals surface area contributed by atoms with Crippen LogP contribution in [0.5, 0.6) is 0 Å². The van der Waals surface area contributed by atoms with E-state index in [1.54, 1.807) is 35.2 Å². The number of esters is 1. The van der Waals surface area contributed by atoms with Crippen LogP contribution < -0.4 is 10.2 Å². The fourth-order valence-electron chi connectivity index (χ4n) is 3.27. The number of carbonyl (C=O) groups is 2. The summed E-state index contributed by atoms with van der Waals surface area (Å²) in [4.78, 5) is 26.7. The summed E-state index contributed by atoms with van der Waals surface area (Å²) in [6.45, 7) is 0. The van der Waals surface area contributed by atoms with E-state index >= 15 is 0 Å². The summed E-state index contributed by atoms with van der Waals surface area (Å²) in [5.41, 5.74) is 3.37. The lowest BCUT2D eigenvalue weighted by Crippen LogP contribution is -2.43. The van der Waals surface area contributed by atoms with Crippen molar-refractivity contribution in [2.75, 3.05) is 17.3 Å². The summed E-state index contributed by atoms with van der Waals surface area (Å²) in [6.07, 6.45) is -0.435. The van der Waals surface area contributed by atoms with Crippen molar-refractivity contribution in [1.29, 1.82) is 0 Å². The molecule has 28 heavy (non-hydrogen) atoms. The van der Waals surface area contributed by atoms with E-state index in [9.17, 15) is 9.59 Å². The zero-order valence-corrected chi connectivity index (χ0v) is 15.8. The van der Waals surface area contributed by atoms with Crippen LogP contribution in [0.1, 0.15) is 32.4 Å². The Hall–Kier alpha value is -3.31. The second kappa shape index (κ2) is 7.37. The van der Waals surface area contributed by atoms with Gasteiger partial charge in [-0.25, -0.2) is 4.79 Å². The third-order valence-electron chi connectivity index (χ3n) is 4.68. The molecule has 0 saturated carbocycles. The van der Waals surface area contributed by atoms with Crippen LogP contribution in [0, 0.1) is 0 Å². The summed E-state index contributed by atoms with van der Waals surface area (Å²) in [7, 11) is 1.34. The first-order valence-corrected chi connectivity index (χ1v) is 9.09. The van der Waals surface area contributed by atoms with Crippen LogP contribution in [-0.4, -0.2) is 19.0 Å². The average molecular weight is 393 g/mol. The van der Waals surface area contributed by atoms with E-state index in [1.165, 1.54) is 7.11 Å². The van der Waals surface area contributed by atoms with E-state index in [-0.39, 0.29) is 5.91 Å². The molecule has 0 fully saturated rings. The van der Waals surface area contributed by atoms with Crippen molar-refractivity contribution in [3.63, 3.8) is 0 Å². The Balaban J connectivity index is 1.79. The molecule has 0 bridgehead atoms. The fourth-order valence-corrected chi connectivity index (χ4v) is 3.40. The molecular formula is C22H17ClN2O3. The molecular weight excluding hydrogens is 376 g/mol. The molecule has 1 amide bonds. The lowest BCUT2D eigenvalue weighted by Gasteiger charge is -2.38. The van der Waals surface area contributed by atoms with Crippen LogP contribution in [0.2, 0.25) is 5.02 Å². The minimum Gasteiger partial charge on any atom is -0.465 e. The number of nitrogens with one attached hydrogen (secondary N) is 1. The zero-order chi connectivity index (χ0) is 19.7. The van der Waals surface area contributed by atoms with E-state index in [4.69, 9.17) is 16.3 Å². The number of benzene rings is 3. The zero-order valence-electron chi connectivity index (χ0n) is 15.1. The number of methoxy groups -OCH3 is 1. The second-order valence-electron chi connectivity index (χ2n) is 6.36. The molecule has 140 valence electrons. The Morgan fingerprint density at radius 1 is 1.00 bits per heavy atom. The molecule has 6 heteroatoms. The number of ether oxygens (including phenoxy) is 1. The van der Waals surface area contributed by atoms with Crippen LogP contribution in [0.4, 0.5) is 11.4 Å². The van der Waals surface area contributed by atoms with Crippen molar-refractivity contribution in [2.45, 2.75) is 6.17 Å². The number of rotatable bonds is 3. The Bertz CT molecular complexity index is 1030. The van der Waals surface area contributed by atoms with Crippen LogP contribution >= 0.6 is 11.6 Å². The Morgan fingerprint density at radius 2 is 1.68 bits per heavy atom. The number of para-hydroxylation sites is 1. The van der Waals surface area contributed by atoms with Gasteiger partial charge in [0, 0.05) is 16.4 Å². The van der Waals surface area contributed by atoms with Gasteiger partial charge in [0.05, 0.1) is 18.2 Å². The summed E-state index contributed by atoms with van der Waals surface area (Å²) in [5.74, 6) is -0.516. The molecule has 1 aliphatic rings. The van der Waals surface area contributed by atoms with Gasteiger partial charge in [-0.2, -0.15) is 0 Å². The smallest absolute Gasteiger partial charge is 0.337 e. The highest BCUT2D eigenvalue weighted by molar-refractivity contribution is 6.30. The average Bonchev–Trinajstić information content (AvgIpc) is 2.74. The number of hydrogen-bond donors (Lipinski definition) is 1. The fraction of sp³-hybridized carbons (Fsp3) is 0.0909. The third kappa shape index (κ3) is 3.21. The minimum atomic E-state index is -0.435. The highest BCUT2D eigenvalue weighted by atomic mass is 35.5. The van der Waals surface area contributed by atoms with Gasteiger partial charge < -0.3 is 10.1 Å². The molecule has 0 spiro atoms. The first-order chi connectivity index (χ1) is 13.6. The highest BCUT2D eigenvalue weighted by Crippen LogP contribution is 2.37. The van der Waals surface area contributed by atoms with Crippen molar-refractivity contribution >= 4 is 34.9 Å². The number of amides is 1. The van der Waals surface area contributed by atoms with Gasteiger partial charge in [0.1, 0.15) is 6.17 Å². The van der Waals surface area contributed by atoms with E-state index in [2.05, 4.69) is 5.32 Å². The molecule has 3 aromatic rings. The lowest BCUT2D eigenvalue weighted by atomic mass is 10.0. The van der Waals surface area contributed by atoms with Crippen LogP contribution in [-0.2, 0) is 4.74 Å². The molecule has 4 rings (SSSR count). The van der Waals surface area contributed by atoms with Crippen molar-refractivity contribution in [3.05, 3.63) is 94.5 Å². The van der Waals surface area contributed by atoms with Gasteiger partial charge in [-0.15, -0.1) is 0 Å². The number of hydrogen-bond acceptors (Lipinski definition) is 4. The maximum absolute atomic E-state index is 13.3. The molecule has 1 unspecified atom stereocenters. The molecule has 1 aliphatic heterocycles. The monoisotopic (exact) mass is 392 g/mol. The first kappa shape index (κ1) is 18.1. The standard InChI is InChI=1S/C22H17ClN2O3/c1-28-22(27)15-8-6-14(7-9-15)20-24-19-5-3-2-4-18(19)21(26)25(20)17-12-10-16(23)11-13-17/h2-13,20,24H,1H3. The maximum atomic E-state index is 13.3. The molecule has 1 heterocycles. The third-order valence-corrected chi connectivity index (χ3v) is 4.93. The summed E-state index contributed by atoms with van der Waals surface area (Å²) in [5, 5.41) is 4.02. The second-order valence-corrected chi connectivity index (χ2v) is 6.79. The van der Waals surface area contributed by atoms with Crippen molar-refractivity contribution in [3.8, 4) is 0 Å². The topological polar surface area (TPSA) is 58.6 Å². The lowest BCUT2D eigenvalue weighted by molar-refractivity contribution is 0.0600. The van der Waals surface area contributed by atoms with Gasteiger partial charge in [-0.1, -0.05) is 35.9 Å². The quantitative estimate of drug-likeness (QED) is 0.644. The number of carbonyl (C=O) groups excluding carboxylic acids is 2. The Kier molecular flexibility index (Phi) is 4.75.